The molecule has 0 saturated heterocycles. The number of pyridine rings is 1. The highest BCUT2D eigenvalue weighted by atomic mass is 19.1. The molecule has 0 radical (unpaired) electrons. The van der Waals surface area contributed by atoms with Crippen molar-refractivity contribution in [1.82, 2.24) is 9.88 Å². The molecule has 3 aromatic rings. The van der Waals surface area contributed by atoms with Gasteiger partial charge >= 0.3 is 5.97 Å². The summed E-state index contributed by atoms with van der Waals surface area (Å²) in [6.45, 7) is 3.54. The van der Waals surface area contributed by atoms with Crippen LogP contribution in [0, 0.1) is 12.7 Å². The van der Waals surface area contributed by atoms with Crippen LogP contribution in [0.25, 0.3) is 10.9 Å². The lowest BCUT2D eigenvalue weighted by molar-refractivity contribution is -0.139. The quantitative estimate of drug-likeness (QED) is 0.630. The Kier molecular flexibility index (Phi) is 5.68. The number of hydrogen-bond acceptors (Lipinski definition) is 4. The number of hydrogen-bond donors (Lipinski definition) is 0. The van der Waals surface area contributed by atoms with E-state index in [9.17, 15) is 14.0 Å². The van der Waals surface area contributed by atoms with E-state index >= 15 is 0 Å². The summed E-state index contributed by atoms with van der Waals surface area (Å²) < 4.78 is 18.7. The molecule has 144 valence electrons. The number of halogens is 1. The van der Waals surface area contributed by atoms with Crippen LogP contribution in [0.15, 0.2) is 54.6 Å². The first-order valence-corrected chi connectivity index (χ1v) is 8.92. The third kappa shape index (κ3) is 4.34. The van der Waals surface area contributed by atoms with Crippen molar-refractivity contribution in [3.05, 3.63) is 77.2 Å². The number of ether oxygens (including phenoxy) is 1. The minimum atomic E-state index is -0.974. The van der Waals surface area contributed by atoms with Crippen molar-refractivity contribution in [3.63, 3.8) is 0 Å². The first-order valence-electron chi connectivity index (χ1n) is 8.92. The molecule has 1 amide bonds. The number of aromatic nitrogens is 1. The number of likely N-dealkylation sites (N-methyl/N-ethyl adjacent to an activating group) is 1. The van der Waals surface area contributed by atoms with Gasteiger partial charge in [0.25, 0.3) is 5.91 Å². The van der Waals surface area contributed by atoms with Crippen molar-refractivity contribution >= 4 is 22.8 Å². The first-order chi connectivity index (χ1) is 13.3. The highest BCUT2D eigenvalue weighted by Gasteiger charge is 2.23. The Morgan fingerprint density at radius 3 is 2.64 bits per heavy atom. The molecule has 1 atom stereocenters. The Balaban J connectivity index is 1.72. The van der Waals surface area contributed by atoms with Gasteiger partial charge in [-0.05, 0) is 43.7 Å². The number of carbonyl (C=O) groups is 2. The number of esters is 1. The van der Waals surface area contributed by atoms with E-state index in [0.29, 0.717) is 27.7 Å². The summed E-state index contributed by atoms with van der Waals surface area (Å²) in [6.07, 6.45) is -0.974. The minimum absolute atomic E-state index is 0.218. The van der Waals surface area contributed by atoms with Crippen molar-refractivity contribution < 1.29 is 18.7 Å². The van der Waals surface area contributed by atoms with Crippen molar-refractivity contribution in [2.24, 2.45) is 0 Å². The average Bonchev–Trinajstić information content (AvgIpc) is 2.66. The molecule has 0 bridgehead atoms. The van der Waals surface area contributed by atoms with Gasteiger partial charge in [0, 0.05) is 24.7 Å². The van der Waals surface area contributed by atoms with Gasteiger partial charge in [0.15, 0.2) is 6.10 Å². The molecular formula is C22H21FN2O3. The van der Waals surface area contributed by atoms with Crippen LogP contribution in [0.5, 0.6) is 0 Å². The van der Waals surface area contributed by atoms with Crippen LogP contribution in [0.2, 0.25) is 0 Å². The Hall–Kier alpha value is -3.28. The second kappa shape index (κ2) is 8.17. The molecule has 28 heavy (non-hydrogen) atoms. The lowest BCUT2D eigenvalue weighted by atomic mass is 10.1. The SMILES string of the molecule is Cc1cc(C(=O)O[C@@H](C)C(=O)N(C)Cc2cccc(F)c2)c2ccccc2n1. The number of benzene rings is 2. The van der Waals surface area contributed by atoms with Gasteiger partial charge in [-0.15, -0.1) is 0 Å². The monoisotopic (exact) mass is 380 g/mol. The van der Waals surface area contributed by atoms with Gasteiger partial charge in [0.1, 0.15) is 5.82 Å². The maximum Gasteiger partial charge on any atom is 0.339 e. The van der Waals surface area contributed by atoms with Crippen LogP contribution in [-0.2, 0) is 16.1 Å². The number of nitrogens with zero attached hydrogens (tertiary/aromatic N) is 2. The molecule has 0 aliphatic heterocycles. The Morgan fingerprint density at radius 1 is 1.14 bits per heavy atom. The van der Waals surface area contributed by atoms with E-state index in [4.69, 9.17) is 4.74 Å². The largest absolute Gasteiger partial charge is 0.449 e. The van der Waals surface area contributed by atoms with Gasteiger partial charge in [0.05, 0.1) is 11.1 Å². The molecule has 0 unspecified atom stereocenters. The second-order valence-electron chi connectivity index (χ2n) is 6.70. The van der Waals surface area contributed by atoms with Gasteiger partial charge in [-0.25, -0.2) is 9.18 Å². The van der Waals surface area contributed by atoms with Crippen molar-refractivity contribution in [2.45, 2.75) is 26.5 Å². The van der Waals surface area contributed by atoms with Gasteiger partial charge in [0.2, 0.25) is 0 Å². The molecule has 0 fully saturated rings. The van der Waals surface area contributed by atoms with Crippen LogP contribution >= 0.6 is 0 Å². The number of rotatable bonds is 5. The van der Waals surface area contributed by atoms with Gasteiger partial charge in [-0.3, -0.25) is 9.78 Å². The molecule has 5 nitrogen and oxygen atoms in total. The minimum Gasteiger partial charge on any atom is -0.449 e. The maximum atomic E-state index is 13.3. The van der Waals surface area contributed by atoms with Gasteiger partial charge < -0.3 is 9.64 Å². The van der Waals surface area contributed by atoms with Gasteiger partial charge in [-0.2, -0.15) is 0 Å². The number of aryl methyl sites for hydroxylation is 1. The third-order valence-electron chi connectivity index (χ3n) is 4.38. The molecule has 0 spiro atoms. The zero-order valence-electron chi connectivity index (χ0n) is 16.0. The van der Waals surface area contributed by atoms with E-state index in [1.165, 1.54) is 24.0 Å². The Morgan fingerprint density at radius 2 is 1.89 bits per heavy atom. The predicted octanol–water partition coefficient (Wildman–Crippen LogP) is 3.89. The topological polar surface area (TPSA) is 59.5 Å². The zero-order chi connectivity index (χ0) is 20.3. The Bertz CT molecular complexity index is 1040. The molecule has 0 aliphatic rings. The summed E-state index contributed by atoms with van der Waals surface area (Å²) in [5, 5.41) is 0.672. The number of para-hydroxylation sites is 1. The summed E-state index contributed by atoms with van der Waals surface area (Å²) in [6, 6.07) is 15.0. The van der Waals surface area contributed by atoms with E-state index in [2.05, 4.69) is 4.98 Å². The molecule has 1 aromatic heterocycles. The van der Waals surface area contributed by atoms with Crippen LogP contribution in [0.4, 0.5) is 4.39 Å². The molecule has 0 aliphatic carbocycles. The lowest BCUT2D eigenvalue weighted by Crippen LogP contribution is -2.37. The zero-order valence-corrected chi connectivity index (χ0v) is 16.0. The molecule has 2 aromatic carbocycles. The normalized spacial score (nSPS) is 11.9. The highest BCUT2D eigenvalue weighted by molar-refractivity contribution is 6.04. The van der Waals surface area contributed by atoms with Crippen molar-refractivity contribution in [3.8, 4) is 0 Å². The number of fused-ring (bicyclic) bond motifs is 1. The van der Waals surface area contributed by atoms with E-state index in [0.717, 1.165) is 0 Å². The highest BCUT2D eigenvalue weighted by Crippen LogP contribution is 2.20. The number of carbonyl (C=O) groups excluding carboxylic acids is 2. The van der Waals surface area contributed by atoms with Crippen LogP contribution < -0.4 is 0 Å². The average molecular weight is 380 g/mol. The van der Waals surface area contributed by atoms with E-state index in [1.54, 1.807) is 38.2 Å². The molecule has 0 N–H and O–H groups in total. The lowest BCUT2D eigenvalue weighted by Gasteiger charge is -2.22. The van der Waals surface area contributed by atoms with Crippen molar-refractivity contribution in [2.75, 3.05) is 7.05 Å². The third-order valence-corrected chi connectivity index (χ3v) is 4.38. The molecule has 0 saturated carbocycles. The summed E-state index contributed by atoms with van der Waals surface area (Å²) >= 11 is 0. The predicted molar refractivity (Wildman–Crippen MR) is 104 cm³/mol. The van der Waals surface area contributed by atoms with E-state index in [1.807, 2.05) is 18.2 Å². The molecule has 6 heteroatoms. The molecule has 1 heterocycles. The second-order valence-corrected chi connectivity index (χ2v) is 6.70. The summed E-state index contributed by atoms with van der Waals surface area (Å²) in [7, 11) is 1.59. The fraction of sp³-hybridized carbons (Fsp3) is 0.227. The molecule has 3 rings (SSSR count). The summed E-state index contributed by atoms with van der Waals surface area (Å²) in [4.78, 5) is 31.1. The van der Waals surface area contributed by atoms with Crippen LogP contribution in [0.3, 0.4) is 0 Å². The Labute approximate surface area is 162 Å². The summed E-state index contributed by atoms with van der Waals surface area (Å²) in [5.74, 6) is -1.31. The van der Waals surface area contributed by atoms with Crippen LogP contribution in [-0.4, -0.2) is 34.9 Å². The van der Waals surface area contributed by atoms with Crippen LogP contribution in [0.1, 0.15) is 28.5 Å². The molecular weight excluding hydrogens is 359 g/mol. The first kappa shape index (κ1) is 19.5. The van der Waals surface area contributed by atoms with E-state index < -0.39 is 12.1 Å². The fourth-order valence-corrected chi connectivity index (χ4v) is 3.05. The van der Waals surface area contributed by atoms with E-state index in [-0.39, 0.29) is 18.3 Å². The van der Waals surface area contributed by atoms with Crippen molar-refractivity contribution in [1.29, 1.82) is 0 Å². The number of amides is 1. The maximum absolute atomic E-state index is 13.3. The standard InChI is InChI=1S/C22H21FN2O3/c1-14-11-19(18-9-4-5-10-20(18)24-14)22(27)28-15(2)21(26)25(3)13-16-7-6-8-17(23)12-16/h4-12,15H,13H2,1-3H3/t15-/m0/s1. The fourth-order valence-electron chi connectivity index (χ4n) is 3.05. The summed E-state index contributed by atoms with van der Waals surface area (Å²) in [5.41, 5.74) is 2.41. The van der Waals surface area contributed by atoms with Gasteiger partial charge in [-0.1, -0.05) is 30.3 Å². The smallest absolute Gasteiger partial charge is 0.339 e.